The number of pyridine rings is 1. The second kappa shape index (κ2) is 9.74. The first-order valence-electron chi connectivity index (χ1n) is 10.6. The van der Waals surface area contributed by atoms with Crippen LogP contribution in [0.15, 0.2) is 48.8 Å². The Balaban J connectivity index is 1.52. The number of fused-ring (bicyclic) bond motifs is 1. The van der Waals surface area contributed by atoms with Gasteiger partial charge in [-0.25, -0.2) is 0 Å². The fourth-order valence-corrected chi connectivity index (χ4v) is 4.99. The molecule has 0 unspecified atom stereocenters. The number of carbonyl (C=O) groups is 3. The van der Waals surface area contributed by atoms with Gasteiger partial charge in [0.05, 0.1) is 11.1 Å². The average Bonchev–Trinajstić information content (AvgIpc) is 3.20. The molecule has 2 heterocycles. The van der Waals surface area contributed by atoms with Crippen LogP contribution in [0.1, 0.15) is 66.8 Å². The van der Waals surface area contributed by atoms with Gasteiger partial charge in [-0.2, -0.15) is 0 Å². The normalized spacial score (nSPS) is 12.5. The fraction of sp³-hybridized carbons (Fsp3) is 0.250. The molecule has 0 saturated heterocycles. The van der Waals surface area contributed by atoms with E-state index in [2.05, 4.69) is 21.2 Å². The zero-order chi connectivity index (χ0) is 22.5. The van der Waals surface area contributed by atoms with E-state index >= 15 is 0 Å². The van der Waals surface area contributed by atoms with Crippen molar-refractivity contribution in [1.82, 2.24) is 15.8 Å². The minimum absolute atomic E-state index is 0.328. The third-order valence-corrected chi connectivity index (χ3v) is 6.67. The lowest BCUT2D eigenvalue weighted by Crippen LogP contribution is -2.42. The third-order valence-electron chi connectivity index (χ3n) is 5.46. The zero-order valence-corrected chi connectivity index (χ0v) is 18.6. The van der Waals surface area contributed by atoms with Crippen molar-refractivity contribution in [2.24, 2.45) is 0 Å². The standard InChI is InChI=1S/C24H24N4O3S/c1-2-15-9-11-16(12-10-15)22(30)27-28-23(31)20-18-7-3-4-8-19(18)32-24(20)26-21(29)17-6-5-13-25-14-17/h5-6,9-14H,2-4,7-8H2,1H3,(H,26,29)(H,27,30)(H,28,31). The molecular weight excluding hydrogens is 424 g/mol. The Kier molecular flexibility index (Phi) is 6.61. The molecular formula is C24H24N4O3S. The molecule has 2 aromatic heterocycles. The summed E-state index contributed by atoms with van der Waals surface area (Å²) in [4.78, 5) is 43.3. The second-order valence-electron chi connectivity index (χ2n) is 7.57. The Bertz CT molecular complexity index is 1140. The summed E-state index contributed by atoms with van der Waals surface area (Å²) in [5.74, 6) is -1.17. The first-order chi connectivity index (χ1) is 15.6. The average molecular weight is 449 g/mol. The quantitative estimate of drug-likeness (QED) is 0.515. The number of hydrogen-bond acceptors (Lipinski definition) is 5. The van der Waals surface area contributed by atoms with Crippen LogP contribution in [0.3, 0.4) is 0 Å². The van der Waals surface area contributed by atoms with Gasteiger partial charge in [0.15, 0.2) is 0 Å². The highest BCUT2D eigenvalue weighted by Gasteiger charge is 2.27. The molecule has 164 valence electrons. The molecule has 8 heteroatoms. The van der Waals surface area contributed by atoms with Gasteiger partial charge >= 0.3 is 0 Å². The number of carbonyl (C=O) groups excluding carboxylic acids is 3. The lowest BCUT2D eigenvalue weighted by Gasteiger charge is -2.14. The molecule has 0 aliphatic heterocycles. The SMILES string of the molecule is CCc1ccc(C(=O)NNC(=O)c2c(NC(=O)c3cccnc3)sc3c2CCCC3)cc1. The van der Waals surface area contributed by atoms with Crippen molar-refractivity contribution in [3.63, 3.8) is 0 Å². The van der Waals surface area contributed by atoms with E-state index in [0.717, 1.165) is 48.1 Å². The van der Waals surface area contributed by atoms with E-state index < -0.39 is 11.8 Å². The molecule has 3 aromatic rings. The summed E-state index contributed by atoms with van der Waals surface area (Å²) in [7, 11) is 0. The topological polar surface area (TPSA) is 100 Å². The van der Waals surface area contributed by atoms with Crippen molar-refractivity contribution in [1.29, 1.82) is 0 Å². The van der Waals surface area contributed by atoms with Gasteiger partial charge in [0.25, 0.3) is 17.7 Å². The van der Waals surface area contributed by atoms with Crippen molar-refractivity contribution >= 4 is 34.1 Å². The van der Waals surface area contributed by atoms with Crippen molar-refractivity contribution in [3.8, 4) is 0 Å². The molecule has 0 spiro atoms. The van der Waals surface area contributed by atoms with Crippen LogP contribution in [-0.2, 0) is 19.3 Å². The predicted molar refractivity (Wildman–Crippen MR) is 124 cm³/mol. The summed E-state index contributed by atoms with van der Waals surface area (Å²) in [6, 6.07) is 10.6. The van der Waals surface area contributed by atoms with Crippen LogP contribution in [0, 0.1) is 0 Å². The molecule has 3 N–H and O–H groups in total. The Morgan fingerprint density at radius 1 is 0.938 bits per heavy atom. The number of nitrogens with zero attached hydrogens (tertiary/aromatic N) is 1. The number of aryl methyl sites for hydroxylation is 2. The van der Waals surface area contributed by atoms with Crippen LogP contribution in [0.4, 0.5) is 5.00 Å². The minimum atomic E-state index is -0.440. The summed E-state index contributed by atoms with van der Waals surface area (Å²) in [5.41, 5.74) is 8.37. The predicted octanol–water partition coefficient (Wildman–Crippen LogP) is 3.91. The van der Waals surface area contributed by atoms with E-state index in [0.29, 0.717) is 21.7 Å². The van der Waals surface area contributed by atoms with E-state index in [1.54, 1.807) is 30.5 Å². The number of thiophene rings is 1. The number of amides is 3. The maximum absolute atomic E-state index is 13.1. The summed E-state index contributed by atoms with van der Waals surface area (Å²) in [6.07, 6.45) is 7.63. The van der Waals surface area contributed by atoms with E-state index in [9.17, 15) is 14.4 Å². The van der Waals surface area contributed by atoms with Crippen LogP contribution < -0.4 is 16.2 Å². The van der Waals surface area contributed by atoms with Crippen molar-refractivity contribution in [2.45, 2.75) is 39.0 Å². The van der Waals surface area contributed by atoms with E-state index in [1.165, 1.54) is 17.5 Å². The Morgan fingerprint density at radius 3 is 2.41 bits per heavy atom. The number of hydrogen-bond donors (Lipinski definition) is 3. The van der Waals surface area contributed by atoms with Crippen LogP contribution in [0.2, 0.25) is 0 Å². The molecule has 0 bridgehead atoms. The Morgan fingerprint density at radius 2 is 1.69 bits per heavy atom. The molecule has 0 atom stereocenters. The lowest BCUT2D eigenvalue weighted by molar-refractivity contribution is 0.0846. The van der Waals surface area contributed by atoms with Gasteiger partial charge in [-0.05, 0) is 67.5 Å². The summed E-state index contributed by atoms with van der Waals surface area (Å²) in [5, 5.41) is 3.35. The highest BCUT2D eigenvalue weighted by Crippen LogP contribution is 2.38. The van der Waals surface area contributed by atoms with Gasteiger partial charge in [-0.1, -0.05) is 19.1 Å². The molecule has 0 radical (unpaired) electrons. The molecule has 0 saturated carbocycles. The first-order valence-corrected chi connectivity index (χ1v) is 11.4. The molecule has 1 aromatic carbocycles. The molecule has 32 heavy (non-hydrogen) atoms. The maximum atomic E-state index is 13.1. The van der Waals surface area contributed by atoms with Crippen LogP contribution in [-0.4, -0.2) is 22.7 Å². The van der Waals surface area contributed by atoms with Gasteiger partial charge < -0.3 is 5.32 Å². The Hall–Kier alpha value is -3.52. The zero-order valence-electron chi connectivity index (χ0n) is 17.7. The van der Waals surface area contributed by atoms with Crippen molar-refractivity contribution < 1.29 is 14.4 Å². The molecule has 7 nitrogen and oxygen atoms in total. The van der Waals surface area contributed by atoms with E-state index in [-0.39, 0.29) is 5.91 Å². The van der Waals surface area contributed by atoms with E-state index in [1.807, 2.05) is 19.1 Å². The largest absolute Gasteiger partial charge is 0.313 e. The number of aromatic nitrogens is 1. The van der Waals surface area contributed by atoms with Gasteiger partial charge in [-0.15, -0.1) is 11.3 Å². The van der Waals surface area contributed by atoms with Crippen LogP contribution >= 0.6 is 11.3 Å². The number of nitrogens with one attached hydrogen (secondary N) is 3. The lowest BCUT2D eigenvalue weighted by atomic mass is 9.95. The summed E-state index contributed by atoms with van der Waals surface area (Å²) < 4.78 is 0. The summed E-state index contributed by atoms with van der Waals surface area (Å²) in [6.45, 7) is 2.04. The highest BCUT2D eigenvalue weighted by atomic mass is 32.1. The van der Waals surface area contributed by atoms with Crippen molar-refractivity contribution in [2.75, 3.05) is 5.32 Å². The van der Waals surface area contributed by atoms with Gasteiger partial charge in [0.2, 0.25) is 0 Å². The fourth-order valence-electron chi connectivity index (χ4n) is 3.71. The van der Waals surface area contributed by atoms with Crippen molar-refractivity contribution in [3.05, 3.63) is 81.5 Å². The second-order valence-corrected chi connectivity index (χ2v) is 8.67. The summed E-state index contributed by atoms with van der Waals surface area (Å²) >= 11 is 1.42. The third kappa shape index (κ3) is 4.70. The molecule has 3 amide bonds. The van der Waals surface area contributed by atoms with Crippen LogP contribution in [0.5, 0.6) is 0 Å². The number of anilines is 1. The monoisotopic (exact) mass is 448 g/mol. The first kappa shape index (κ1) is 21.7. The smallest absolute Gasteiger partial charge is 0.272 e. The minimum Gasteiger partial charge on any atom is -0.313 e. The maximum Gasteiger partial charge on any atom is 0.272 e. The van der Waals surface area contributed by atoms with Gasteiger partial charge in [0.1, 0.15) is 5.00 Å². The Labute approximate surface area is 190 Å². The molecule has 4 rings (SSSR count). The van der Waals surface area contributed by atoms with E-state index in [4.69, 9.17) is 0 Å². The van der Waals surface area contributed by atoms with Gasteiger partial charge in [0, 0.05) is 22.8 Å². The number of hydrazine groups is 1. The van der Waals surface area contributed by atoms with Crippen LogP contribution in [0.25, 0.3) is 0 Å². The highest BCUT2D eigenvalue weighted by molar-refractivity contribution is 7.17. The molecule has 1 aliphatic rings. The molecule has 0 fully saturated rings. The number of rotatable bonds is 5. The van der Waals surface area contributed by atoms with Gasteiger partial charge in [-0.3, -0.25) is 30.2 Å². The number of benzene rings is 1. The molecule has 1 aliphatic carbocycles.